The van der Waals surface area contributed by atoms with Gasteiger partial charge in [0, 0.05) is 62.4 Å². The molecule has 0 amide bonds. The molecule has 0 N–H and O–H groups in total. The van der Waals surface area contributed by atoms with Gasteiger partial charge in [0.1, 0.15) is 17.0 Å². The van der Waals surface area contributed by atoms with Crippen LogP contribution in [0.25, 0.3) is 54.9 Å². The Bertz CT molecular complexity index is 2770. The fourth-order valence-electron chi connectivity index (χ4n) is 7.84. The van der Waals surface area contributed by atoms with E-state index in [2.05, 4.69) is 70.3 Å². The lowest BCUT2D eigenvalue weighted by molar-refractivity contribution is 0.402. The summed E-state index contributed by atoms with van der Waals surface area (Å²) in [5, 5.41) is 5.15. The molecule has 0 bridgehead atoms. The van der Waals surface area contributed by atoms with Crippen LogP contribution in [-0.4, -0.2) is 18.9 Å². The average Bonchev–Trinajstić information content (AvgIpc) is 3.76. The quantitative estimate of drug-likeness (QED) is 0.184. The van der Waals surface area contributed by atoms with Gasteiger partial charge in [0.25, 0.3) is 0 Å². The van der Waals surface area contributed by atoms with Crippen LogP contribution in [0.3, 0.4) is 0 Å². The molecule has 5 aromatic carbocycles. The third-order valence-electron chi connectivity index (χ3n) is 10.2. The van der Waals surface area contributed by atoms with Gasteiger partial charge in [0.05, 0.1) is 11.0 Å². The number of halogens is 1. The smallest absolute Gasteiger partial charge is 0.156 e. The Balaban J connectivity index is 1.16. The van der Waals surface area contributed by atoms with Gasteiger partial charge in [-0.05, 0) is 59.0 Å². The molecule has 0 fully saturated rings. The monoisotopic (exact) mass is 624 g/mol. The third-order valence-corrected chi connectivity index (χ3v) is 10.2. The molecule has 1 aliphatic heterocycles. The molecule has 10 rings (SSSR count). The molecule has 5 heterocycles. The lowest BCUT2D eigenvalue weighted by Gasteiger charge is -2.35. The van der Waals surface area contributed by atoms with E-state index in [-0.39, 0.29) is 5.41 Å². The van der Waals surface area contributed by atoms with Gasteiger partial charge in [-0.15, -0.1) is 0 Å². The maximum Gasteiger partial charge on any atom is 0.156 e. The maximum absolute atomic E-state index is 16.7. The van der Waals surface area contributed by atoms with Crippen molar-refractivity contribution in [2.45, 2.75) is 25.4 Å². The van der Waals surface area contributed by atoms with Crippen molar-refractivity contribution in [2.24, 2.45) is 0 Å². The highest BCUT2D eigenvalue weighted by atomic mass is 19.1. The molecule has 6 heteroatoms. The van der Waals surface area contributed by atoms with E-state index in [1.54, 1.807) is 12.4 Å². The SMILES string of the molecule is CC1(C)c2ccccc2Oc2c1ccc1c3cccnc3n(-c3cccc(C(F)c4ccc5c6ccccc6n6ccnc6c5c4)c3)c21. The number of ether oxygens (including phenoxy) is 1. The van der Waals surface area contributed by atoms with Crippen molar-refractivity contribution in [3.05, 3.63) is 156 Å². The van der Waals surface area contributed by atoms with Gasteiger partial charge in [0.15, 0.2) is 11.9 Å². The van der Waals surface area contributed by atoms with Gasteiger partial charge >= 0.3 is 0 Å². The maximum atomic E-state index is 16.7. The normalized spacial score (nSPS) is 14.4. The molecule has 0 saturated carbocycles. The van der Waals surface area contributed by atoms with E-state index < -0.39 is 6.17 Å². The Morgan fingerprint density at radius 3 is 2.38 bits per heavy atom. The topological polar surface area (TPSA) is 44.4 Å². The Morgan fingerprint density at radius 1 is 0.646 bits per heavy atom. The van der Waals surface area contributed by atoms with Crippen LogP contribution in [0.5, 0.6) is 11.5 Å². The standard InChI is InChI=1S/C42H29FN4O/c1-42(2)33-13-4-6-15-36(33)48-39-34(42)19-18-30-31-12-8-20-44-41(31)47(38(30)39)27-10-7-9-25(23-27)37(43)26-16-17-28-29-11-3-5-14-35(29)46-22-21-45-40(46)32(28)24-26/h3-24,37H,1-2H3. The van der Waals surface area contributed by atoms with E-state index in [0.29, 0.717) is 11.1 Å². The number of nitrogens with zero attached hydrogens (tertiary/aromatic N) is 4. The van der Waals surface area contributed by atoms with Crippen LogP contribution in [0.2, 0.25) is 0 Å². The van der Waals surface area contributed by atoms with Crippen LogP contribution in [0.4, 0.5) is 4.39 Å². The van der Waals surface area contributed by atoms with Crippen molar-refractivity contribution in [2.75, 3.05) is 0 Å². The Hall–Kier alpha value is -6.01. The third kappa shape index (κ3) is 3.65. The van der Waals surface area contributed by atoms with Gasteiger partial charge in [0.2, 0.25) is 0 Å². The number of hydrogen-bond acceptors (Lipinski definition) is 3. The van der Waals surface area contributed by atoms with E-state index >= 15 is 4.39 Å². The molecule has 0 spiro atoms. The highest BCUT2D eigenvalue weighted by Gasteiger charge is 2.36. The first-order valence-electron chi connectivity index (χ1n) is 16.2. The molecule has 1 unspecified atom stereocenters. The number of aromatic nitrogens is 4. The second-order valence-corrected chi connectivity index (χ2v) is 13.2. The molecule has 0 aliphatic carbocycles. The Morgan fingerprint density at radius 2 is 1.44 bits per heavy atom. The molecule has 1 atom stereocenters. The van der Waals surface area contributed by atoms with Gasteiger partial charge in [-0.1, -0.05) is 86.6 Å². The van der Waals surface area contributed by atoms with Crippen molar-refractivity contribution < 1.29 is 9.13 Å². The molecule has 1 aliphatic rings. The zero-order chi connectivity index (χ0) is 32.1. The number of alkyl halides is 1. The highest BCUT2D eigenvalue weighted by molar-refractivity contribution is 6.12. The van der Waals surface area contributed by atoms with Gasteiger partial charge in [-0.25, -0.2) is 14.4 Å². The van der Waals surface area contributed by atoms with Gasteiger partial charge in [-0.3, -0.25) is 8.97 Å². The first-order valence-corrected chi connectivity index (χ1v) is 16.2. The molecular weight excluding hydrogens is 595 g/mol. The van der Waals surface area contributed by atoms with Crippen LogP contribution >= 0.6 is 0 Å². The molecular formula is C42H29FN4O. The predicted molar refractivity (Wildman–Crippen MR) is 190 cm³/mol. The minimum Gasteiger partial charge on any atom is -0.454 e. The number of hydrogen-bond donors (Lipinski definition) is 0. The second-order valence-electron chi connectivity index (χ2n) is 13.2. The van der Waals surface area contributed by atoms with Crippen LogP contribution in [0, 0.1) is 0 Å². The van der Waals surface area contributed by atoms with E-state index in [9.17, 15) is 0 Å². The number of imidazole rings is 1. The number of rotatable bonds is 3. The summed E-state index contributed by atoms with van der Waals surface area (Å²) in [5.74, 6) is 1.65. The Kier molecular flexibility index (Phi) is 5.51. The largest absolute Gasteiger partial charge is 0.454 e. The molecule has 0 saturated heterocycles. The van der Waals surface area contributed by atoms with Gasteiger partial charge < -0.3 is 4.74 Å². The number of pyridine rings is 2. The highest BCUT2D eigenvalue weighted by Crippen LogP contribution is 2.52. The van der Waals surface area contributed by atoms with E-state index in [4.69, 9.17) is 9.72 Å². The predicted octanol–water partition coefficient (Wildman–Crippen LogP) is 10.6. The number of benzene rings is 5. The zero-order valence-corrected chi connectivity index (χ0v) is 26.4. The lowest BCUT2D eigenvalue weighted by Crippen LogP contribution is -2.24. The van der Waals surface area contributed by atoms with Gasteiger partial charge in [-0.2, -0.15) is 0 Å². The summed E-state index contributed by atoms with van der Waals surface area (Å²) in [6.45, 7) is 4.48. The van der Waals surface area contributed by atoms with Crippen LogP contribution in [0.1, 0.15) is 42.3 Å². The number of fused-ring (bicyclic) bond motifs is 12. The zero-order valence-electron chi connectivity index (χ0n) is 26.4. The molecule has 4 aromatic heterocycles. The lowest BCUT2D eigenvalue weighted by atomic mass is 9.75. The van der Waals surface area contributed by atoms with Crippen LogP contribution in [-0.2, 0) is 5.41 Å². The molecule has 5 nitrogen and oxygen atoms in total. The first kappa shape index (κ1) is 27.1. The van der Waals surface area contributed by atoms with Crippen molar-refractivity contribution in [1.29, 1.82) is 0 Å². The molecule has 9 aromatic rings. The molecule has 230 valence electrons. The van der Waals surface area contributed by atoms with Crippen molar-refractivity contribution >= 4 is 49.3 Å². The minimum atomic E-state index is -1.35. The molecule has 0 radical (unpaired) electrons. The first-order chi connectivity index (χ1) is 23.5. The summed E-state index contributed by atoms with van der Waals surface area (Å²) in [6.07, 6.45) is 4.21. The van der Waals surface area contributed by atoms with Crippen LogP contribution in [0.15, 0.2) is 134 Å². The minimum absolute atomic E-state index is 0.277. The number of para-hydroxylation sites is 2. The summed E-state index contributed by atoms with van der Waals surface area (Å²) in [6, 6.07) is 38.5. The summed E-state index contributed by atoms with van der Waals surface area (Å²) < 4.78 is 27.7. The summed E-state index contributed by atoms with van der Waals surface area (Å²) in [5.41, 5.74) is 7.56. The summed E-state index contributed by atoms with van der Waals surface area (Å²) >= 11 is 0. The summed E-state index contributed by atoms with van der Waals surface area (Å²) in [4.78, 5) is 9.50. The van der Waals surface area contributed by atoms with Crippen molar-refractivity contribution in [1.82, 2.24) is 18.9 Å². The summed E-state index contributed by atoms with van der Waals surface area (Å²) in [7, 11) is 0. The average molecular weight is 625 g/mol. The van der Waals surface area contributed by atoms with Crippen molar-refractivity contribution in [3.63, 3.8) is 0 Å². The van der Waals surface area contributed by atoms with Crippen LogP contribution < -0.4 is 4.74 Å². The second kappa shape index (κ2) is 9.75. The van der Waals surface area contributed by atoms with E-state index in [0.717, 1.165) is 77.6 Å². The fraction of sp³-hybridized carbons (Fsp3) is 0.0952. The van der Waals surface area contributed by atoms with E-state index in [1.807, 2.05) is 79.0 Å². The fourth-order valence-corrected chi connectivity index (χ4v) is 7.84. The molecule has 48 heavy (non-hydrogen) atoms. The van der Waals surface area contributed by atoms with Crippen molar-refractivity contribution in [3.8, 4) is 17.2 Å². The Labute approximate surface area is 275 Å². The van der Waals surface area contributed by atoms with E-state index in [1.165, 1.54) is 0 Å².